The van der Waals surface area contributed by atoms with Gasteiger partial charge in [-0.15, -0.1) is 0 Å². The lowest BCUT2D eigenvalue weighted by molar-refractivity contribution is -0.497. The lowest BCUT2D eigenvalue weighted by Gasteiger charge is -2.01. The van der Waals surface area contributed by atoms with E-state index < -0.39 is 23.3 Å². The van der Waals surface area contributed by atoms with Crippen molar-refractivity contribution < 1.29 is 18.1 Å². The maximum absolute atomic E-state index is 12.1. The first-order valence-electron chi connectivity index (χ1n) is 3.37. The number of halogens is 4. The second-order valence-corrected chi connectivity index (χ2v) is 2.91. The van der Waals surface area contributed by atoms with Gasteiger partial charge in [-0.3, -0.25) is 10.1 Å². The van der Waals surface area contributed by atoms with Gasteiger partial charge in [0.1, 0.15) is 11.4 Å². The van der Waals surface area contributed by atoms with Crippen LogP contribution < -0.4 is 0 Å². The van der Waals surface area contributed by atoms with Crippen molar-refractivity contribution in [3.63, 3.8) is 0 Å². The minimum absolute atomic E-state index is 0.246. The zero-order valence-corrected chi connectivity index (χ0v) is 7.32. The summed E-state index contributed by atoms with van der Waals surface area (Å²) < 4.78 is 36.2. The number of aromatic amines is 1. The number of H-pyrrole nitrogens is 1. The van der Waals surface area contributed by atoms with E-state index in [9.17, 15) is 23.3 Å². The minimum atomic E-state index is -4.57. The van der Waals surface area contributed by atoms with Crippen molar-refractivity contribution in [1.29, 1.82) is 0 Å². The molecule has 0 fully saturated rings. The van der Waals surface area contributed by atoms with E-state index in [0.717, 1.165) is 0 Å². The van der Waals surface area contributed by atoms with Crippen LogP contribution in [0.4, 0.5) is 13.2 Å². The molecule has 1 aromatic rings. The van der Waals surface area contributed by atoms with E-state index in [1.54, 1.807) is 0 Å². The molecule has 0 bridgehead atoms. The maximum atomic E-state index is 12.1. The topological polar surface area (TPSA) is 58.9 Å². The van der Waals surface area contributed by atoms with Crippen molar-refractivity contribution in [2.45, 2.75) is 12.7 Å². The van der Waals surface area contributed by atoms with Crippen molar-refractivity contribution in [3.05, 3.63) is 32.6 Å². The molecule has 1 rings (SSSR count). The molecule has 0 saturated carbocycles. The monoisotopic (exact) mass is 228 g/mol. The Morgan fingerprint density at radius 2 is 2.14 bits per heavy atom. The normalized spacial score (nSPS) is 11.7. The SMILES string of the molecule is O=[N+]([O-])Cc1[nH]c(C(F)(F)F)cc1Cl. The Bertz CT molecular complexity index is 360. The van der Waals surface area contributed by atoms with Crippen molar-refractivity contribution in [2.75, 3.05) is 0 Å². The Balaban J connectivity index is 2.99. The van der Waals surface area contributed by atoms with Crippen LogP contribution in [-0.2, 0) is 12.7 Å². The zero-order valence-electron chi connectivity index (χ0n) is 6.56. The number of rotatable bonds is 2. The summed E-state index contributed by atoms with van der Waals surface area (Å²) in [4.78, 5) is 11.1. The molecule has 1 heterocycles. The van der Waals surface area contributed by atoms with Crippen molar-refractivity contribution >= 4 is 11.6 Å². The number of nitrogens with zero attached hydrogens (tertiary/aromatic N) is 1. The molecule has 0 aliphatic rings. The number of hydrogen-bond acceptors (Lipinski definition) is 2. The van der Waals surface area contributed by atoms with Crippen LogP contribution in [0.25, 0.3) is 0 Å². The van der Waals surface area contributed by atoms with Gasteiger partial charge in [-0.2, -0.15) is 13.2 Å². The van der Waals surface area contributed by atoms with E-state index in [1.807, 2.05) is 4.98 Å². The van der Waals surface area contributed by atoms with Gasteiger partial charge < -0.3 is 4.98 Å². The van der Waals surface area contributed by atoms with Gasteiger partial charge in [-0.25, -0.2) is 0 Å². The third-order valence-electron chi connectivity index (χ3n) is 1.44. The first-order valence-corrected chi connectivity index (χ1v) is 3.75. The summed E-state index contributed by atoms with van der Waals surface area (Å²) in [7, 11) is 0. The average Bonchev–Trinajstić information content (AvgIpc) is 2.30. The van der Waals surface area contributed by atoms with Crippen LogP contribution in [0, 0.1) is 10.1 Å². The Kier molecular flexibility index (Phi) is 2.70. The zero-order chi connectivity index (χ0) is 10.9. The number of nitro groups is 1. The van der Waals surface area contributed by atoms with E-state index >= 15 is 0 Å². The molecule has 0 aliphatic carbocycles. The standard InChI is InChI=1S/C6H4ClF3N2O2/c7-3-1-5(6(8,9)10)11-4(3)2-12(13)14/h1,11H,2H2. The van der Waals surface area contributed by atoms with Gasteiger partial charge in [0, 0.05) is 4.92 Å². The van der Waals surface area contributed by atoms with Gasteiger partial charge >= 0.3 is 6.18 Å². The highest BCUT2D eigenvalue weighted by molar-refractivity contribution is 6.31. The highest BCUT2D eigenvalue weighted by Crippen LogP contribution is 2.31. The number of aromatic nitrogens is 1. The molecular formula is C6H4ClF3N2O2. The molecule has 0 atom stereocenters. The summed E-state index contributed by atoms with van der Waals surface area (Å²) in [5.74, 6) is 0. The van der Waals surface area contributed by atoms with Crippen LogP contribution in [0.5, 0.6) is 0 Å². The van der Waals surface area contributed by atoms with Crippen LogP contribution >= 0.6 is 11.6 Å². The van der Waals surface area contributed by atoms with Crippen molar-refractivity contribution in [1.82, 2.24) is 4.98 Å². The fraction of sp³-hybridized carbons (Fsp3) is 0.333. The summed E-state index contributed by atoms with van der Waals surface area (Å²) in [5.41, 5.74) is -1.33. The van der Waals surface area contributed by atoms with Crippen LogP contribution in [0.15, 0.2) is 6.07 Å². The first kappa shape index (κ1) is 10.8. The average molecular weight is 229 g/mol. The molecule has 0 saturated heterocycles. The maximum Gasteiger partial charge on any atom is 0.431 e. The quantitative estimate of drug-likeness (QED) is 0.624. The third kappa shape index (κ3) is 2.38. The van der Waals surface area contributed by atoms with Gasteiger partial charge in [-0.1, -0.05) is 11.6 Å². The molecule has 14 heavy (non-hydrogen) atoms. The minimum Gasteiger partial charge on any atom is -0.348 e. The van der Waals surface area contributed by atoms with Crippen LogP contribution in [0.3, 0.4) is 0 Å². The molecule has 0 radical (unpaired) electrons. The molecule has 4 nitrogen and oxygen atoms in total. The largest absolute Gasteiger partial charge is 0.431 e. The Labute approximate surface area is 80.8 Å². The van der Waals surface area contributed by atoms with Crippen LogP contribution in [-0.4, -0.2) is 9.91 Å². The molecule has 0 aliphatic heterocycles. The van der Waals surface area contributed by atoms with Crippen molar-refractivity contribution in [3.8, 4) is 0 Å². The molecule has 0 unspecified atom stereocenters. The second kappa shape index (κ2) is 3.49. The van der Waals surface area contributed by atoms with Crippen LogP contribution in [0.2, 0.25) is 5.02 Å². The predicted molar refractivity (Wildman–Crippen MR) is 41.5 cm³/mol. The summed E-state index contributed by atoms with van der Waals surface area (Å²) in [6, 6.07) is 0.625. The smallest absolute Gasteiger partial charge is 0.348 e. The van der Waals surface area contributed by atoms with Gasteiger partial charge in [-0.05, 0) is 6.07 Å². The third-order valence-corrected chi connectivity index (χ3v) is 1.77. The fourth-order valence-corrected chi connectivity index (χ4v) is 1.09. The first-order chi connectivity index (χ1) is 6.30. The molecule has 8 heteroatoms. The summed E-state index contributed by atoms with van der Waals surface area (Å²) in [6.07, 6.45) is -4.57. The van der Waals surface area contributed by atoms with Crippen LogP contribution in [0.1, 0.15) is 11.4 Å². The van der Waals surface area contributed by atoms with E-state index in [4.69, 9.17) is 11.6 Å². The van der Waals surface area contributed by atoms with Crippen molar-refractivity contribution in [2.24, 2.45) is 0 Å². The lowest BCUT2D eigenvalue weighted by Crippen LogP contribution is -2.06. The molecule has 1 N–H and O–H groups in total. The molecule has 78 valence electrons. The van der Waals surface area contributed by atoms with E-state index in [-0.39, 0.29) is 10.7 Å². The Hall–Kier alpha value is -1.24. The lowest BCUT2D eigenvalue weighted by atomic mass is 10.4. The van der Waals surface area contributed by atoms with E-state index in [1.165, 1.54) is 0 Å². The van der Waals surface area contributed by atoms with Gasteiger partial charge in [0.05, 0.1) is 5.02 Å². The molecule has 0 aromatic carbocycles. The molecular weight excluding hydrogens is 225 g/mol. The number of nitrogens with one attached hydrogen (secondary N) is 1. The molecule has 0 amide bonds. The molecule has 0 spiro atoms. The molecule has 1 aromatic heterocycles. The predicted octanol–water partition coefficient (Wildman–Crippen LogP) is 2.46. The summed E-state index contributed by atoms with van der Waals surface area (Å²) in [5, 5.41) is 9.74. The highest BCUT2D eigenvalue weighted by atomic mass is 35.5. The Morgan fingerprint density at radius 1 is 1.57 bits per heavy atom. The number of hydrogen-bond donors (Lipinski definition) is 1. The van der Waals surface area contributed by atoms with E-state index in [0.29, 0.717) is 6.07 Å². The summed E-state index contributed by atoms with van der Waals surface area (Å²) >= 11 is 5.36. The summed E-state index contributed by atoms with van der Waals surface area (Å²) in [6.45, 7) is -0.755. The number of alkyl halides is 3. The van der Waals surface area contributed by atoms with Gasteiger partial charge in [0.2, 0.25) is 6.54 Å². The Morgan fingerprint density at radius 3 is 2.50 bits per heavy atom. The highest BCUT2D eigenvalue weighted by Gasteiger charge is 2.33. The van der Waals surface area contributed by atoms with E-state index in [2.05, 4.69) is 0 Å². The van der Waals surface area contributed by atoms with Gasteiger partial charge in [0.15, 0.2) is 0 Å². The fourth-order valence-electron chi connectivity index (χ4n) is 0.869. The van der Waals surface area contributed by atoms with Gasteiger partial charge in [0.25, 0.3) is 0 Å². The second-order valence-electron chi connectivity index (χ2n) is 2.50.